The number of hydrogen-bond donors (Lipinski definition) is 2. The zero-order chi connectivity index (χ0) is 11.3. The van der Waals surface area contributed by atoms with Crippen molar-refractivity contribution >= 4 is 5.91 Å². The van der Waals surface area contributed by atoms with E-state index in [1.807, 2.05) is 6.92 Å². The summed E-state index contributed by atoms with van der Waals surface area (Å²) in [4.78, 5) is 11.2. The summed E-state index contributed by atoms with van der Waals surface area (Å²) >= 11 is 0. The molecular formula is C13H23N2O+. The molecule has 0 aromatic rings. The predicted octanol–water partition coefficient (Wildman–Crippen LogP) is 0.392. The van der Waals surface area contributed by atoms with E-state index < -0.39 is 0 Å². The second-order valence-electron chi connectivity index (χ2n) is 6.64. The lowest BCUT2D eigenvalue weighted by Crippen LogP contribution is -3.03. The van der Waals surface area contributed by atoms with Crippen LogP contribution in [0.2, 0.25) is 0 Å². The van der Waals surface area contributed by atoms with Gasteiger partial charge in [-0.2, -0.15) is 0 Å². The molecule has 4 rings (SSSR count). The maximum atomic E-state index is 11.2. The van der Waals surface area contributed by atoms with Gasteiger partial charge in [-0.15, -0.1) is 0 Å². The summed E-state index contributed by atoms with van der Waals surface area (Å²) < 4.78 is 0. The number of amides is 1. The third-order valence-electron chi connectivity index (χ3n) is 5.14. The second kappa shape index (κ2) is 3.46. The van der Waals surface area contributed by atoms with Gasteiger partial charge >= 0.3 is 0 Å². The molecule has 0 aliphatic heterocycles. The molecule has 0 saturated heterocycles. The highest BCUT2D eigenvalue weighted by molar-refractivity contribution is 5.77. The summed E-state index contributed by atoms with van der Waals surface area (Å²) in [6.07, 6.45) is 8.36. The molecule has 3 heteroatoms. The van der Waals surface area contributed by atoms with E-state index in [0.717, 1.165) is 17.8 Å². The van der Waals surface area contributed by atoms with Crippen LogP contribution >= 0.6 is 0 Å². The van der Waals surface area contributed by atoms with E-state index >= 15 is 0 Å². The summed E-state index contributed by atoms with van der Waals surface area (Å²) in [7, 11) is 0. The summed E-state index contributed by atoms with van der Waals surface area (Å²) in [5, 5.41) is 2.31. The van der Waals surface area contributed by atoms with Gasteiger partial charge in [-0.25, -0.2) is 0 Å². The number of primary amides is 1. The van der Waals surface area contributed by atoms with E-state index in [9.17, 15) is 4.79 Å². The first-order chi connectivity index (χ1) is 7.56. The Morgan fingerprint density at radius 3 is 2.00 bits per heavy atom. The Bertz CT molecular complexity index is 278. The molecule has 0 spiro atoms. The highest BCUT2D eigenvalue weighted by atomic mass is 16.1. The summed E-state index contributed by atoms with van der Waals surface area (Å²) in [6, 6.07) is -0.0451. The molecule has 0 unspecified atom stereocenters. The lowest BCUT2D eigenvalue weighted by molar-refractivity contribution is -0.754. The van der Waals surface area contributed by atoms with Crippen molar-refractivity contribution in [1.82, 2.24) is 0 Å². The van der Waals surface area contributed by atoms with Gasteiger partial charge in [0, 0.05) is 19.3 Å². The first-order valence-electron chi connectivity index (χ1n) is 6.72. The zero-order valence-corrected chi connectivity index (χ0v) is 10.1. The molecule has 0 radical (unpaired) electrons. The number of carbonyl (C=O) groups is 1. The maximum absolute atomic E-state index is 11.2. The van der Waals surface area contributed by atoms with E-state index in [1.165, 1.54) is 38.5 Å². The van der Waals surface area contributed by atoms with Crippen LogP contribution in [0.25, 0.3) is 0 Å². The van der Waals surface area contributed by atoms with Crippen molar-refractivity contribution in [1.29, 1.82) is 0 Å². The van der Waals surface area contributed by atoms with Gasteiger partial charge < -0.3 is 11.1 Å². The molecule has 90 valence electrons. The van der Waals surface area contributed by atoms with Crippen molar-refractivity contribution in [2.24, 2.45) is 23.5 Å². The van der Waals surface area contributed by atoms with Crippen molar-refractivity contribution in [2.75, 3.05) is 0 Å². The molecule has 4 bridgehead atoms. The molecule has 1 atom stereocenters. The Hall–Kier alpha value is -0.570. The molecule has 4 fully saturated rings. The Kier molecular flexibility index (Phi) is 2.29. The third-order valence-corrected chi connectivity index (χ3v) is 5.14. The van der Waals surface area contributed by atoms with Gasteiger partial charge in [-0.3, -0.25) is 4.79 Å². The molecule has 4 saturated carbocycles. The fourth-order valence-corrected chi connectivity index (χ4v) is 4.99. The Morgan fingerprint density at radius 2 is 1.62 bits per heavy atom. The van der Waals surface area contributed by atoms with Gasteiger partial charge in [0.25, 0.3) is 5.91 Å². The number of carbonyl (C=O) groups excluding carboxylic acids is 1. The van der Waals surface area contributed by atoms with Gasteiger partial charge in [0.15, 0.2) is 6.04 Å². The predicted molar refractivity (Wildman–Crippen MR) is 61.5 cm³/mol. The van der Waals surface area contributed by atoms with Crippen molar-refractivity contribution < 1.29 is 10.1 Å². The summed E-state index contributed by atoms with van der Waals surface area (Å²) in [6.45, 7) is 1.96. The minimum Gasteiger partial charge on any atom is -0.365 e. The summed E-state index contributed by atoms with van der Waals surface area (Å²) in [5.41, 5.74) is 5.77. The average Bonchev–Trinajstić information content (AvgIpc) is 2.13. The van der Waals surface area contributed by atoms with E-state index in [0.29, 0.717) is 5.54 Å². The van der Waals surface area contributed by atoms with Crippen LogP contribution in [0.15, 0.2) is 0 Å². The van der Waals surface area contributed by atoms with Crippen LogP contribution in [0.3, 0.4) is 0 Å². The number of nitrogens with two attached hydrogens (primary N) is 2. The average molecular weight is 223 g/mol. The highest BCUT2D eigenvalue weighted by Crippen LogP contribution is 2.54. The first kappa shape index (κ1) is 10.6. The van der Waals surface area contributed by atoms with Gasteiger partial charge in [0.2, 0.25) is 0 Å². The largest absolute Gasteiger partial charge is 0.365 e. The fraction of sp³-hybridized carbons (Fsp3) is 0.923. The number of quaternary nitrogens is 1. The molecule has 4 N–H and O–H groups in total. The van der Waals surface area contributed by atoms with Gasteiger partial charge in [0.05, 0.1) is 5.54 Å². The minimum atomic E-state index is -0.157. The lowest BCUT2D eigenvalue weighted by atomic mass is 9.53. The van der Waals surface area contributed by atoms with Crippen molar-refractivity contribution in [3.8, 4) is 0 Å². The van der Waals surface area contributed by atoms with Crippen LogP contribution in [0.5, 0.6) is 0 Å². The zero-order valence-electron chi connectivity index (χ0n) is 10.1. The standard InChI is InChI=1S/C13H22N2O/c1-8(12(14)16)15-13-5-9-2-10(6-13)4-11(3-9)7-13/h8-11,15H,2-7H2,1H3,(H2,14,16)/p+1/t8-,9?,10?,11?,13?/m0/s1. The van der Waals surface area contributed by atoms with Crippen molar-refractivity contribution in [2.45, 2.75) is 57.0 Å². The molecule has 16 heavy (non-hydrogen) atoms. The first-order valence-corrected chi connectivity index (χ1v) is 6.72. The normalized spacial score (nSPS) is 46.9. The van der Waals surface area contributed by atoms with E-state index in [1.54, 1.807) is 0 Å². The Morgan fingerprint density at radius 1 is 1.19 bits per heavy atom. The number of hydrogen-bond acceptors (Lipinski definition) is 1. The molecule has 1 amide bonds. The van der Waals surface area contributed by atoms with Crippen LogP contribution in [-0.2, 0) is 4.79 Å². The molecule has 4 aliphatic carbocycles. The lowest BCUT2D eigenvalue weighted by Gasteiger charge is -2.55. The fourth-order valence-electron chi connectivity index (χ4n) is 4.99. The Labute approximate surface area is 97.2 Å². The van der Waals surface area contributed by atoms with Crippen molar-refractivity contribution in [3.63, 3.8) is 0 Å². The van der Waals surface area contributed by atoms with Crippen LogP contribution < -0.4 is 11.1 Å². The van der Waals surface area contributed by atoms with Gasteiger partial charge in [-0.05, 0) is 43.9 Å². The van der Waals surface area contributed by atoms with Crippen molar-refractivity contribution in [3.05, 3.63) is 0 Å². The molecule has 0 heterocycles. The Balaban J connectivity index is 1.76. The monoisotopic (exact) mass is 223 g/mol. The maximum Gasteiger partial charge on any atom is 0.275 e. The van der Waals surface area contributed by atoms with E-state index in [4.69, 9.17) is 5.73 Å². The topological polar surface area (TPSA) is 59.7 Å². The SMILES string of the molecule is C[C@H]([NH2+]C12CC3CC(CC(C3)C1)C2)C(N)=O. The van der Waals surface area contributed by atoms with Crippen LogP contribution in [0.4, 0.5) is 0 Å². The van der Waals surface area contributed by atoms with E-state index in [2.05, 4.69) is 5.32 Å². The van der Waals surface area contributed by atoms with Gasteiger partial charge in [-0.1, -0.05) is 0 Å². The highest BCUT2D eigenvalue weighted by Gasteiger charge is 2.54. The smallest absolute Gasteiger partial charge is 0.275 e. The molecule has 0 aromatic heterocycles. The second-order valence-corrected chi connectivity index (χ2v) is 6.64. The minimum absolute atomic E-state index is 0.0451. The van der Waals surface area contributed by atoms with Crippen LogP contribution in [0, 0.1) is 17.8 Å². The van der Waals surface area contributed by atoms with E-state index in [-0.39, 0.29) is 11.9 Å². The third kappa shape index (κ3) is 1.65. The molecule has 3 nitrogen and oxygen atoms in total. The number of rotatable bonds is 3. The summed E-state index contributed by atoms with van der Waals surface area (Å²) in [5.74, 6) is 2.68. The molecule has 0 aromatic carbocycles. The molecule has 4 aliphatic rings. The van der Waals surface area contributed by atoms with Crippen LogP contribution in [-0.4, -0.2) is 17.5 Å². The van der Waals surface area contributed by atoms with Gasteiger partial charge in [0.1, 0.15) is 0 Å². The van der Waals surface area contributed by atoms with Crippen LogP contribution in [0.1, 0.15) is 45.4 Å². The quantitative estimate of drug-likeness (QED) is 0.714. The molecular weight excluding hydrogens is 200 g/mol.